The largest absolute Gasteiger partial charge is 0.432 e. The summed E-state index contributed by atoms with van der Waals surface area (Å²) < 4.78 is 133. The molecule has 0 amide bonds. The summed E-state index contributed by atoms with van der Waals surface area (Å²) in [6.07, 6.45) is 0.217. The van der Waals surface area contributed by atoms with Crippen molar-refractivity contribution in [2.24, 2.45) is 0 Å². The van der Waals surface area contributed by atoms with E-state index in [0.717, 1.165) is 12.1 Å². The minimum atomic E-state index is -4.83. The highest BCUT2D eigenvalue weighted by molar-refractivity contribution is 6.33. The van der Waals surface area contributed by atoms with E-state index in [4.69, 9.17) is 11.6 Å². The zero-order valence-corrected chi connectivity index (χ0v) is 21.7. The van der Waals surface area contributed by atoms with Gasteiger partial charge in [0.1, 0.15) is 34.6 Å². The fourth-order valence-corrected chi connectivity index (χ4v) is 4.47. The average Bonchev–Trinajstić information content (AvgIpc) is 2.86. The van der Waals surface area contributed by atoms with Gasteiger partial charge in [0, 0.05) is 23.3 Å². The summed E-state index contributed by atoms with van der Waals surface area (Å²) >= 11 is 6.18. The summed E-state index contributed by atoms with van der Waals surface area (Å²) in [4.78, 5) is 0. The van der Waals surface area contributed by atoms with Gasteiger partial charge in [0.25, 0.3) is 0 Å². The fourth-order valence-electron chi connectivity index (χ4n) is 4.16. The van der Waals surface area contributed by atoms with Crippen LogP contribution < -0.4 is 4.74 Å². The number of aryl methyl sites for hydroxylation is 1. The highest BCUT2D eigenvalue weighted by Crippen LogP contribution is 2.41. The Bertz CT molecular complexity index is 1580. The Balaban J connectivity index is 1.67. The molecule has 0 saturated carbocycles. The molecule has 214 valence electrons. The van der Waals surface area contributed by atoms with Crippen LogP contribution in [0.3, 0.4) is 0 Å². The third-order valence-electron chi connectivity index (χ3n) is 6.05. The molecule has 0 radical (unpaired) electrons. The van der Waals surface area contributed by atoms with E-state index in [9.17, 15) is 35.1 Å². The summed E-state index contributed by atoms with van der Waals surface area (Å²) in [7, 11) is 0. The van der Waals surface area contributed by atoms with Gasteiger partial charge in [-0.2, -0.15) is 8.78 Å². The number of allylic oxidation sites excluding steroid dienone is 2. The molecule has 0 aliphatic heterocycles. The third-order valence-corrected chi connectivity index (χ3v) is 6.35. The first-order chi connectivity index (χ1) is 19.3. The Morgan fingerprint density at radius 1 is 0.732 bits per heavy atom. The molecule has 0 bridgehead atoms. The molecular formula is C30H18ClF9O. The highest BCUT2D eigenvalue weighted by Gasteiger charge is 2.41. The fraction of sp³-hybridized carbons (Fsp3) is 0.133. The van der Waals surface area contributed by atoms with Crippen LogP contribution in [0.5, 0.6) is 5.75 Å². The predicted octanol–water partition coefficient (Wildman–Crippen LogP) is 10.3. The van der Waals surface area contributed by atoms with Crippen molar-refractivity contribution in [2.75, 3.05) is 0 Å². The van der Waals surface area contributed by atoms with Crippen LogP contribution in [0.4, 0.5) is 39.5 Å². The second kappa shape index (κ2) is 11.9. The molecule has 0 saturated heterocycles. The molecule has 0 aromatic heterocycles. The van der Waals surface area contributed by atoms with Crippen LogP contribution in [0.2, 0.25) is 5.02 Å². The zero-order chi connectivity index (χ0) is 30.1. The van der Waals surface area contributed by atoms with E-state index in [2.05, 4.69) is 4.74 Å². The lowest BCUT2D eigenvalue weighted by Gasteiger charge is -2.20. The number of halogens is 10. The minimum Gasteiger partial charge on any atom is -0.429 e. The number of benzene rings is 4. The molecule has 0 aliphatic rings. The minimum absolute atomic E-state index is 0.00491. The normalized spacial score (nSPS) is 11.9. The molecule has 1 nitrogen and oxygen atoms in total. The standard InChI is InChI=1S/C30H18ClF9O/c1-2-3-4-5-15-6-7-19(21(32)8-15)16-9-20(31)27(22(33)10-16)17-11-23(34)28(24(35)12-17)30(39,40)41-18-13-25(36)29(38)26(37)14-18/h2-3,6-14H,4-5H2,1H3. The topological polar surface area (TPSA) is 9.23 Å². The molecule has 41 heavy (non-hydrogen) atoms. The van der Waals surface area contributed by atoms with E-state index < -0.39 is 74.3 Å². The summed E-state index contributed by atoms with van der Waals surface area (Å²) in [5.41, 5.74) is -2.37. The van der Waals surface area contributed by atoms with Crippen LogP contribution in [-0.4, -0.2) is 0 Å². The van der Waals surface area contributed by atoms with E-state index in [1.54, 1.807) is 6.07 Å². The van der Waals surface area contributed by atoms with Crippen molar-refractivity contribution in [2.45, 2.75) is 25.9 Å². The zero-order valence-electron chi connectivity index (χ0n) is 21.0. The van der Waals surface area contributed by atoms with E-state index in [1.165, 1.54) is 12.1 Å². The Morgan fingerprint density at radius 3 is 1.90 bits per heavy atom. The van der Waals surface area contributed by atoms with E-state index in [0.29, 0.717) is 30.5 Å². The van der Waals surface area contributed by atoms with Crippen molar-refractivity contribution in [3.63, 3.8) is 0 Å². The van der Waals surface area contributed by atoms with Crippen LogP contribution in [0.15, 0.2) is 66.7 Å². The number of hydrogen-bond acceptors (Lipinski definition) is 1. The van der Waals surface area contributed by atoms with E-state index in [-0.39, 0.29) is 23.3 Å². The summed E-state index contributed by atoms with van der Waals surface area (Å²) in [5.74, 6) is -12.6. The van der Waals surface area contributed by atoms with Gasteiger partial charge in [0.15, 0.2) is 17.5 Å². The van der Waals surface area contributed by atoms with Gasteiger partial charge in [0.05, 0.1) is 5.02 Å². The summed E-state index contributed by atoms with van der Waals surface area (Å²) in [6, 6.07) is 7.23. The second-order valence-electron chi connectivity index (χ2n) is 8.87. The Kier molecular flexibility index (Phi) is 8.72. The van der Waals surface area contributed by atoms with Crippen molar-refractivity contribution in [1.82, 2.24) is 0 Å². The number of alkyl halides is 2. The van der Waals surface area contributed by atoms with Gasteiger partial charge >= 0.3 is 6.11 Å². The molecule has 0 N–H and O–H groups in total. The third kappa shape index (κ3) is 6.37. The molecular weight excluding hydrogens is 583 g/mol. The molecule has 0 heterocycles. The predicted molar refractivity (Wildman–Crippen MR) is 136 cm³/mol. The van der Waals surface area contributed by atoms with Crippen LogP contribution in [0.1, 0.15) is 24.5 Å². The maximum Gasteiger partial charge on any atom is 0.432 e. The van der Waals surface area contributed by atoms with Crippen LogP contribution in [0, 0.1) is 40.7 Å². The second-order valence-corrected chi connectivity index (χ2v) is 9.28. The monoisotopic (exact) mass is 600 g/mol. The van der Waals surface area contributed by atoms with Crippen molar-refractivity contribution in [3.05, 3.63) is 124 Å². The molecule has 4 rings (SSSR count). The van der Waals surface area contributed by atoms with E-state index >= 15 is 4.39 Å². The van der Waals surface area contributed by atoms with Gasteiger partial charge in [-0.15, -0.1) is 0 Å². The first-order valence-electron chi connectivity index (χ1n) is 11.9. The first-order valence-corrected chi connectivity index (χ1v) is 12.3. The summed E-state index contributed by atoms with van der Waals surface area (Å²) in [5, 5.41) is -0.400. The quantitative estimate of drug-likeness (QED) is 0.111. The van der Waals surface area contributed by atoms with Crippen molar-refractivity contribution < 1.29 is 44.3 Å². The Morgan fingerprint density at radius 2 is 1.34 bits per heavy atom. The molecule has 0 unspecified atom stereocenters. The highest BCUT2D eigenvalue weighted by atomic mass is 35.5. The van der Waals surface area contributed by atoms with E-state index in [1.807, 2.05) is 19.1 Å². The average molecular weight is 601 g/mol. The van der Waals surface area contributed by atoms with Gasteiger partial charge in [0.2, 0.25) is 0 Å². The van der Waals surface area contributed by atoms with Crippen molar-refractivity contribution in [1.29, 1.82) is 0 Å². The lowest BCUT2D eigenvalue weighted by molar-refractivity contribution is -0.189. The number of ether oxygens (including phenoxy) is 1. The molecule has 0 atom stereocenters. The van der Waals surface area contributed by atoms with Gasteiger partial charge in [-0.05, 0) is 66.8 Å². The smallest absolute Gasteiger partial charge is 0.429 e. The lowest BCUT2D eigenvalue weighted by atomic mass is 9.96. The Labute approximate surface area is 233 Å². The maximum atomic E-state index is 15.2. The first kappa shape index (κ1) is 30.0. The Hall–Kier alpha value is -3.92. The van der Waals surface area contributed by atoms with Gasteiger partial charge < -0.3 is 4.74 Å². The molecule has 0 fully saturated rings. The van der Waals surface area contributed by atoms with Gasteiger partial charge in [-0.3, -0.25) is 0 Å². The van der Waals surface area contributed by atoms with Gasteiger partial charge in [-0.25, -0.2) is 30.7 Å². The lowest BCUT2D eigenvalue weighted by Crippen LogP contribution is -2.25. The van der Waals surface area contributed by atoms with Crippen LogP contribution in [-0.2, 0) is 12.5 Å². The van der Waals surface area contributed by atoms with Crippen molar-refractivity contribution >= 4 is 11.6 Å². The molecule has 0 aliphatic carbocycles. The van der Waals surface area contributed by atoms with Crippen LogP contribution >= 0.6 is 11.6 Å². The van der Waals surface area contributed by atoms with Crippen molar-refractivity contribution in [3.8, 4) is 28.0 Å². The maximum absolute atomic E-state index is 15.2. The van der Waals surface area contributed by atoms with Crippen LogP contribution in [0.25, 0.3) is 22.3 Å². The number of rotatable bonds is 8. The molecule has 11 heteroatoms. The summed E-state index contributed by atoms with van der Waals surface area (Å²) in [6.45, 7) is 1.86. The molecule has 0 spiro atoms. The molecule has 4 aromatic rings. The molecule has 4 aromatic carbocycles. The van der Waals surface area contributed by atoms with Gasteiger partial charge in [-0.1, -0.05) is 35.9 Å². The SMILES string of the molecule is CC=CCCc1ccc(-c2cc(F)c(-c3cc(F)c(C(F)(F)Oc4cc(F)c(F)c(F)c4)c(F)c3)c(Cl)c2)c(F)c1. The number of hydrogen-bond donors (Lipinski definition) is 0.